The van der Waals surface area contributed by atoms with Crippen molar-refractivity contribution in [3.63, 3.8) is 0 Å². The number of piperidine rings is 1. The zero-order valence-electron chi connectivity index (χ0n) is 19.0. The maximum Gasteiger partial charge on any atom is 0.151 e. The third kappa shape index (κ3) is 4.88. The molecule has 4 rings (SSSR count). The van der Waals surface area contributed by atoms with E-state index in [9.17, 15) is 5.11 Å². The van der Waals surface area contributed by atoms with Gasteiger partial charge in [0.2, 0.25) is 0 Å². The zero-order chi connectivity index (χ0) is 22.2. The van der Waals surface area contributed by atoms with E-state index in [0.29, 0.717) is 23.8 Å². The predicted molar refractivity (Wildman–Crippen MR) is 123 cm³/mol. The van der Waals surface area contributed by atoms with Crippen molar-refractivity contribution >= 4 is 5.82 Å². The lowest BCUT2D eigenvalue weighted by Gasteiger charge is -2.49. The van der Waals surface area contributed by atoms with E-state index >= 15 is 0 Å². The summed E-state index contributed by atoms with van der Waals surface area (Å²) in [6, 6.07) is 9.88. The first-order valence-corrected chi connectivity index (χ1v) is 10.8. The molecular weight excluding hydrogens is 388 g/mol. The minimum Gasteiger partial charge on any atom is -0.507 e. The summed E-state index contributed by atoms with van der Waals surface area (Å²) in [5.41, 5.74) is 2.54. The standard InChI is InChI=1S/C24H32N6O/c1-23(2)13-18(14-24(3,4)28-23)29(5)22-9-7-20(26-27-22)19-12-17(6-8-21(19)31)15-30-11-10-25-16-30/h6-12,16,18,28,31H,13-15H2,1-5H3. The van der Waals surface area contributed by atoms with Gasteiger partial charge in [-0.05, 0) is 70.4 Å². The lowest BCUT2D eigenvalue weighted by molar-refractivity contribution is 0.160. The van der Waals surface area contributed by atoms with Crippen LogP contribution < -0.4 is 10.2 Å². The number of phenols is 1. The van der Waals surface area contributed by atoms with Crippen molar-refractivity contribution in [3.8, 4) is 17.0 Å². The lowest BCUT2D eigenvalue weighted by Crippen LogP contribution is -2.62. The molecule has 0 amide bonds. The van der Waals surface area contributed by atoms with Gasteiger partial charge in [0, 0.05) is 48.7 Å². The van der Waals surface area contributed by atoms with Gasteiger partial charge in [0.25, 0.3) is 0 Å². The van der Waals surface area contributed by atoms with E-state index in [1.807, 2.05) is 35.0 Å². The van der Waals surface area contributed by atoms with Gasteiger partial charge in [0.15, 0.2) is 5.82 Å². The molecule has 1 aromatic carbocycles. The minimum absolute atomic E-state index is 0.0650. The van der Waals surface area contributed by atoms with E-state index in [4.69, 9.17) is 0 Å². The molecule has 0 spiro atoms. The SMILES string of the molecule is CN(c1ccc(-c2cc(Cn3ccnc3)ccc2O)nn1)C1CC(C)(C)NC(C)(C)C1. The van der Waals surface area contributed by atoms with Crippen LogP contribution in [0.15, 0.2) is 49.1 Å². The Hall–Kier alpha value is -2.93. The molecule has 7 nitrogen and oxygen atoms in total. The second-order valence-electron chi connectivity index (χ2n) is 9.93. The van der Waals surface area contributed by atoms with E-state index in [1.165, 1.54) is 0 Å². The number of hydrogen-bond donors (Lipinski definition) is 2. The Morgan fingerprint density at radius 1 is 1.10 bits per heavy atom. The zero-order valence-corrected chi connectivity index (χ0v) is 19.0. The molecule has 0 radical (unpaired) electrons. The van der Waals surface area contributed by atoms with Gasteiger partial charge in [-0.3, -0.25) is 0 Å². The number of phenolic OH excluding ortho intramolecular Hbond substituents is 1. The fourth-order valence-electron chi connectivity index (χ4n) is 4.86. The molecule has 7 heteroatoms. The van der Waals surface area contributed by atoms with Crippen molar-refractivity contribution in [1.29, 1.82) is 0 Å². The highest BCUT2D eigenvalue weighted by atomic mass is 16.3. The average Bonchev–Trinajstić information content (AvgIpc) is 3.20. The van der Waals surface area contributed by atoms with Crippen LogP contribution in [0, 0.1) is 0 Å². The average molecular weight is 421 g/mol. The topological polar surface area (TPSA) is 79.1 Å². The quantitative estimate of drug-likeness (QED) is 0.653. The van der Waals surface area contributed by atoms with Gasteiger partial charge in [-0.2, -0.15) is 0 Å². The van der Waals surface area contributed by atoms with E-state index < -0.39 is 0 Å². The number of aromatic nitrogens is 4. The number of aromatic hydroxyl groups is 1. The van der Waals surface area contributed by atoms with Crippen molar-refractivity contribution in [2.45, 2.75) is 64.2 Å². The molecule has 31 heavy (non-hydrogen) atoms. The first-order valence-electron chi connectivity index (χ1n) is 10.8. The largest absolute Gasteiger partial charge is 0.507 e. The van der Waals surface area contributed by atoms with Gasteiger partial charge in [0.05, 0.1) is 12.0 Å². The van der Waals surface area contributed by atoms with Gasteiger partial charge in [-0.15, -0.1) is 10.2 Å². The van der Waals surface area contributed by atoms with E-state index in [1.54, 1.807) is 18.6 Å². The summed E-state index contributed by atoms with van der Waals surface area (Å²) in [5, 5.41) is 23.1. The van der Waals surface area contributed by atoms with Crippen LogP contribution in [0.5, 0.6) is 5.75 Å². The maximum absolute atomic E-state index is 10.4. The lowest BCUT2D eigenvalue weighted by atomic mass is 9.79. The van der Waals surface area contributed by atoms with E-state index in [-0.39, 0.29) is 16.8 Å². The van der Waals surface area contributed by atoms with Gasteiger partial charge < -0.3 is 19.9 Å². The van der Waals surface area contributed by atoms with Crippen LogP contribution in [0.1, 0.15) is 46.1 Å². The molecule has 2 aromatic heterocycles. The molecular formula is C24H32N6O. The molecule has 1 aliphatic rings. The number of nitrogens with zero attached hydrogens (tertiary/aromatic N) is 5. The number of rotatable bonds is 5. The van der Waals surface area contributed by atoms with Crippen LogP contribution in [0.3, 0.4) is 0 Å². The highest BCUT2D eigenvalue weighted by Crippen LogP contribution is 2.33. The molecule has 1 saturated heterocycles. The number of benzene rings is 1. The normalized spacial score (nSPS) is 18.1. The van der Waals surface area contributed by atoms with E-state index in [2.05, 4.69) is 60.1 Å². The molecule has 164 valence electrons. The van der Waals surface area contributed by atoms with Crippen LogP contribution in [-0.2, 0) is 6.54 Å². The van der Waals surface area contributed by atoms with Crippen LogP contribution in [-0.4, -0.2) is 49.0 Å². The summed E-state index contributed by atoms with van der Waals surface area (Å²) in [7, 11) is 2.09. The van der Waals surface area contributed by atoms with Crippen LogP contribution in [0.2, 0.25) is 0 Å². The Balaban J connectivity index is 1.54. The molecule has 1 aliphatic heterocycles. The molecule has 0 atom stereocenters. The monoisotopic (exact) mass is 420 g/mol. The van der Waals surface area contributed by atoms with E-state index in [0.717, 1.165) is 24.2 Å². The summed E-state index contributed by atoms with van der Waals surface area (Å²) in [6.07, 6.45) is 7.52. The van der Waals surface area contributed by atoms with Crippen molar-refractivity contribution < 1.29 is 5.11 Å². The van der Waals surface area contributed by atoms with Gasteiger partial charge in [-0.25, -0.2) is 4.98 Å². The van der Waals surface area contributed by atoms with Crippen LogP contribution in [0.4, 0.5) is 5.82 Å². The molecule has 2 N–H and O–H groups in total. The number of imidazole rings is 1. The number of nitrogens with one attached hydrogen (secondary N) is 1. The van der Waals surface area contributed by atoms with Crippen molar-refractivity contribution in [1.82, 2.24) is 25.1 Å². The second-order valence-corrected chi connectivity index (χ2v) is 9.93. The Kier molecular flexibility index (Phi) is 5.47. The molecule has 0 bridgehead atoms. The highest BCUT2D eigenvalue weighted by Gasteiger charge is 2.39. The summed E-state index contributed by atoms with van der Waals surface area (Å²) in [5.74, 6) is 1.04. The first kappa shape index (κ1) is 21.3. The summed E-state index contributed by atoms with van der Waals surface area (Å²) in [4.78, 5) is 6.31. The number of hydrogen-bond acceptors (Lipinski definition) is 6. The molecule has 0 aliphatic carbocycles. The Morgan fingerprint density at radius 2 is 1.84 bits per heavy atom. The predicted octanol–water partition coefficient (Wildman–Crippen LogP) is 3.84. The van der Waals surface area contributed by atoms with Crippen molar-refractivity contribution in [2.75, 3.05) is 11.9 Å². The van der Waals surface area contributed by atoms with Gasteiger partial charge in [0.1, 0.15) is 5.75 Å². The van der Waals surface area contributed by atoms with Gasteiger partial charge >= 0.3 is 0 Å². The highest BCUT2D eigenvalue weighted by molar-refractivity contribution is 5.68. The van der Waals surface area contributed by atoms with Gasteiger partial charge in [-0.1, -0.05) is 6.07 Å². The minimum atomic E-state index is 0.0650. The summed E-state index contributed by atoms with van der Waals surface area (Å²) in [6.45, 7) is 9.70. The smallest absolute Gasteiger partial charge is 0.151 e. The maximum atomic E-state index is 10.4. The summed E-state index contributed by atoms with van der Waals surface area (Å²) >= 11 is 0. The van der Waals surface area contributed by atoms with Crippen molar-refractivity contribution in [3.05, 3.63) is 54.6 Å². The molecule has 1 fully saturated rings. The van der Waals surface area contributed by atoms with Crippen LogP contribution in [0.25, 0.3) is 11.3 Å². The summed E-state index contributed by atoms with van der Waals surface area (Å²) < 4.78 is 1.99. The molecule has 0 saturated carbocycles. The molecule has 0 unspecified atom stereocenters. The Morgan fingerprint density at radius 3 is 2.45 bits per heavy atom. The third-order valence-corrected chi connectivity index (χ3v) is 5.99. The van der Waals surface area contributed by atoms with Crippen molar-refractivity contribution in [2.24, 2.45) is 0 Å². The molecule has 3 aromatic rings. The second kappa shape index (κ2) is 7.96. The fraction of sp³-hybridized carbons (Fsp3) is 0.458. The molecule has 3 heterocycles. The Bertz CT molecular complexity index is 1010. The third-order valence-electron chi connectivity index (χ3n) is 5.99. The Labute approximate surface area is 184 Å². The fourth-order valence-corrected chi connectivity index (χ4v) is 4.86. The van der Waals surface area contributed by atoms with Crippen LogP contribution >= 0.6 is 0 Å². The number of anilines is 1. The first-order chi connectivity index (χ1) is 14.6.